The number of thioether (sulfide) groups is 1. The van der Waals surface area contributed by atoms with Gasteiger partial charge in [0.2, 0.25) is 5.78 Å². The largest absolute Gasteiger partial charge is 0.385 e. The first-order valence-electron chi connectivity index (χ1n) is 9.38. The number of para-hydroxylation sites is 1. The molecule has 4 rings (SSSR count). The average molecular weight is 412 g/mol. The molecule has 0 radical (unpaired) electrons. The molecule has 2 aromatic carbocycles. The number of ether oxygens (including phenoxy) is 1. The van der Waals surface area contributed by atoms with Gasteiger partial charge in [0.05, 0.1) is 10.9 Å². The molecule has 1 atom stereocenters. The number of halogens is 1. The van der Waals surface area contributed by atoms with E-state index >= 15 is 0 Å². The molecule has 0 N–H and O–H groups in total. The minimum absolute atomic E-state index is 0.0376. The highest BCUT2D eigenvalue weighted by molar-refractivity contribution is 7.99. The van der Waals surface area contributed by atoms with Crippen LogP contribution in [0.2, 0.25) is 0 Å². The first-order chi connectivity index (χ1) is 14.1. The Bertz CT molecular complexity index is 1200. The molecule has 0 saturated carbocycles. The van der Waals surface area contributed by atoms with Gasteiger partial charge in [0.1, 0.15) is 5.82 Å². The summed E-state index contributed by atoms with van der Waals surface area (Å²) in [6.07, 6.45) is 0.700. The number of hydrogen-bond acceptors (Lipinski definition) is 5. The molecule has 2 heterocycles. The second kappa shape index (κ2) is 8.34. The molecule has 0 spiro atoms. The first kappa shape index (κ1) is 19.6. The van der Waals surface area contributed by atoms with Crippen LogP contribution >= 0.6 is 11.8 Å². The van der Waals surface area contributed by atoms with Gasteiger partial charge in [0.15, 0.2) is 5.16 Å². The number of hydrogen-bond donors (Lipinski definition) is 0. The monoisotopic (exact) mass is 412 g/mol. The maximum Gasteiger partial charge on any atom is 0.262 e. The van der Waals surface area contributed by atoms with Crippen LogP contribution < -0.4 is 5.56 Å². The van der Waals surface area contributed by atoms with Crippen LogP contribution in [0.4, 0.5) is 4.39 Å². The Morgan fingerprint density at radius 3 is 2.66 bits per heavy atom. The zero-order chi connectivity index (χ0) is 20.4. The van der Waals surface area contributed by atoms with Crippen LogP contribution in [0.5, 0.6) is 0 Å². The summed E-state index contributed by atoms with van der Waals surface area (Å²) in [6.45, 7) is 3.09. The Hall–Kier alpha value is -2.71. The molecule has 4 aromatic rings. The quantitative estimate of drug-likeness (QED) is 0.338. The van der Waals surface area contributed by atoms with Crippen molar-refractivity contribution < 1.29 is 9.13 Å². The van der Waals surface area contributed by atoms with Gasteiger partial charge in [0, 0.05) is 25.5 Å². The van der Waals surface area contributed by atoms with Crippen molar-refractivity contribution in [2.24, 2.45) is 0 Å². The molecule has 1 unspecified atom stereocenters. The Kier molecular flexibility index (Phi) is 5.64. The fraction of sp³-hybridized carbons (Fsp3) is 0.286. The number of fused-ring (bicyclic) bond motifs is 3. The predicted molar refractivity (Wildman–Crippen MR) is 112 cm³/mol. The number of rotatable bonds is 7. The smallest absolute Gasteiger partial charge is 0.262 e. The van der Waals surface area contributed by atoms with E-state index in [1.54, 1.807) is 23.8 Å². The molecule has 2 aromatic heterocycles. The highest BCUT2D eigenvalue weighted by Crippen LogP contribution is 2.34. The Balaban J connectivity index is 1.81. The lowest BCUT2D eigenvalue weighted by Crippen LogP contribution is -2.24. The fourth-order valence-corrected chi connectivity index (χ4v) is 4.32. The topological polar surface area (TPSA) is 61.4 Å². The summed E-state index contributed by atoms with van der Waals surface area (Å²) in [6, 6.07) is 13.9. The van der Waals surface area contributed by atoms with Crippen LogP contribution in [0.15, 0.2) is 58.5 Å². The lowest BCUT2D eigenvalue weighted by molar-refractivity contribution is 0.190. The van der Waals surface area contributed by atoms with E-state index in [0.29, 0.717) is 35.9 Å². The third-order valence-corrected chi connectivity index (χ3v) is 5.93. The standard InChI is InChI=1S/C21H21FN4O2S/c1-14(15-8-10-16(22)11-9-15)29-21-24-23-20-25(12-5-13-28-2)19(27)17-6-3-4-7-18(17)26(20)21/h3-4,6-11,14H,5,12-13H2,1-2H3. The minimum Gasteiger partial charge on any atom is -0.385 e. The van der Waals surface area contributed by atoms with E-state index < -0.39 is 0 Å². The summed E-state index contributed by atoms with van der Waals surface area (Å²) in [7, 11) is 1.64. The van der Waals surface area contributed by atoms with Crippen LogP contribution in [-0.4, -0.2) is 32.9 Å². The fourth-order valence-electron chi connectivity index (χ4n) is 3.34. The third kappa shape index (κ3) is 3.77. The van der Waals surface area contributed by atoms with Crippen molar-refractivity contribution >= 4 is 28.4 Å². The summed E-state index contributed by atoms with van der Waals surface area (Å²) >= 11 is 1.52. The molecule has 150 valence electrons. The van der Waals surface area contributed by atoms with Crippen molar-refractivity contribution in [1.29, 1.82) is 0 Å². The maximum absolute atomic E-state index is 13.2. The molecule has 0 aliphatic carbocycles. The van der Waals surface area contributed by atoms with Gasteiger partial charge in [-0.25, -0.2) is 4.39 Å². The van der Waals surface area contributed by atoms with E-state index in [1.807, 2.05) is 35.6 Å². The highest BCUT2D eigenvalue weighted by Gasteiger charge is 2.19. The van der Waals surface area contributed by atoms with Crippen molar-refractivity contribution in [3.05, 3.63) is 70.3 Å². The van der Waals surface area contributed by atoms with Gasteiger partial charge in [0.25, 0.3) is 5.56 Å². The maximum atomic E-state index is 13.2. The van der Waals surface area contributed by atoms with Crippen molar-refractivity contribution in [1.82, 2.24) is 19.2 Å². The van der Waals surface area contributed by atoms with Gasteiger partial charge in [-0.05, 0) is 43.2 Å². The molecule has 0 aliphatic heterocycles. The minimum atomic E-state index is -0.259. The lowest BCUT2D eigenvalue weighted by Gasteiger charge is -2.13. The van der Waals surface area contributed by atoms with E-state index in [-0.39, 0.29) is 16.6 Å². The van der Waals surface area contributed by atoms with Crippen LogP contribution in [0.1, 0.15) is 24.2 Å². The number of nitrogens with zero attached hydrogens (tertiary/aromatic N) is 4. The normalized spacial score (nSPS) is 12.7. The molecule has 0 amide bonds. The zero-order valence-corrected chi connectivity index (χ0v) is 17.0. The van der Waals surface area contributed by atoms with Gasteiger partial charge >= 0.3 is 0 Å². The van der Waals surface area contributed by atoms with Crippen LogP contribution in [-0.2, 0) is 11.3 Å². The Labute approximate surface area is 171 Å². The van der Waals surface area contributed by atoms with E-state index in [2.05, 4.69) is 10.2 Å². The molecule has 0 saturated heterocycles. The van der Waals surface area contributed by atoms with E-state index in [0.717, 1.165) is 11.1 Å². The molecule has 8 heteroatoms. The molecule has 29 heavy (non-hydrogen) atoms. The average Bonchev–Trinajstić information content (AvgIpc) is 3.14. The van der Waals surface area contributed by atoms with Gasteiger partial charge in [-0.15, -0.1) is 10.2 Å². The second-order valence-corrected chi connectivity index (χ2v) is 8.06. The first-order valence-corrected chi connectivity index (χ1v) is 10.3. The second-order valence-electron chi connectivity index (χ2n) is 6.75. The van der Waals surface area contributed by atoms with Crippen molar-refractivity contribution in [3.63, 3.8) is 0 Å². The Morgan fingerprint density at radius 1 is 1.14 bits per heavy atom. The lowest BCUT2D eigenvalue weighted by atomic mass is 10.2. The van der Waals surface area contributed by atoms with E-state index in [1.165, 1.54) is 23.9 Å². The number of methoxy groups -OCH3 is 1. The van der Waals surface area contributed by atoms with E-state index in [9.17, 15) is 9.18 Å². The van der Waals surface area contributed by atoms with Crippen LogP contribution in [0, 0.1) is 5.82 Å². The summed E-state index contributed by atoms with van der Waals surface area (Å²) in [5, 5.41) is 10.0. The van der Waals surface area contributed by atoms with Crippen molar-refractivity contribution in [2.45, 2.75) is 30.3 Å². The molecule has 0 aliphatic rings. The van der Waals surface area contributed by atoms with Crippen LogP contribution in [0.25, 0.3) is 16.7 Å². The molecule has 0 fully saturated rings. The van der Waals surface area contributed by atoms with Gasteiger partial charge < -0.3 is 4.74 Å². The SMILES string of the molecule is COCCCn1c(=O)c2ccccc2n2c(SC(C)c3ccc(F)cc3)nnc12. The summed E-state index contributed by atoms with van der Waals surface area (Å²) in [4.78, 5) is 13.0. The highest BCUT2D eigenvalue weighted by atomic mass is 32.2. The zero-order valence-electron chi connectivity index (χ0n) is 16.2. The molecule has 0 bridgehead atoms. The van der Waals surface area contributed by atoms with Gasteiger partial charge in [-0.1, -0.05) is 36.0 Å². The Morgan fingerprint density at radius 2 is 1.90 bits per heavy atom. The van der Waals surface area contributed by atoms with Gasteiger partial charge in [-0.2, -0.15) is 0 Å². The molecule has 6 nitrogen and oxygen atoms in total. The van der Waals surface area contributed by atoms with E-state index in [4.69, 9.17) is 4.74 Å². The summed E-state index contributed by atoms with van der Waals surface area (Å²) in [5.74, 6) is 0.253. The summed E-state index contributed by atoms with van der Waals surface area (Å²) in [5.41, 5.74) is 1.68. The number of aromatic nitrogens is 4. The third-order valence-electron chi connectivity index (χ3n) is 4.83. The van der Waals surface area contributed by atoms with Gasteiger partial charge in [-0.3, -0.25) is 13.8 Å². The van der Waals surface area contributed by atoms with Crippen molar-refractivity contribution in [3.8, 4) is 0 Å². The summed E-state index contributed by atoms with van der Waals surface area (Å²) < 4.78 is 22.0. The number of benzene rings is 2. The predicted octanol–water partition coefficient (Wildman–Crippen LogP) is 4.07. The van der Waals surface area contributed by atoms with Crippen LogP contribution in [0.3, 0.4) is 0 Å². The van der Waals surface area contributed by atoms with Crippen molar-refractivity contribution in [2.75, 3.05) is 13.7 Å². The number of aryl methyl sites for hydroxylation is 1. The molecular formula is C21H21FN4O2S. The molecular weight excluding hydrogens is 391 g/mol.